The second-order valence-electron chi connectivity index (χ2n) is 5.84. The highest BCUT2D eigenvalue weighted by Crippen LogP contribution is 2.14. The summed E-state index contributed by atoms with van der Waals surface area (Å²) in [6, 6.07) is 12.1. The van der Waals surface area contributed by atoms with Gasteiger partial charge in [0.25, 0.3) is 0 Å². The van der Waals surface area contributed by atoms with Crippen molar-refractivity contribution < 1.29 is 4.79 Å². The van der Waals surface area contributed by atoms with E-state index >= 15 is 0 Å². The Morgan fingerprint density at radius 1 is 1.17 bits per heavy atom. The zero-order valence-corrected chi connectivity index (χ0v) is 14.2. The Hall–Kier alpha value is -2.40. The van der Waals surface area contributed by atoms with Gasteiger partial charge in [-0.1, -0.05) is 24.3 Å². The zero-order valence-electron chi connectivity index (χ0n) is 14.2. The number of benzene rings is 1. The fourth-order valence-corrected chi connectivity index (χ4v) is 2.65. The van der Waals surface area contributed by atoms with E-state index in [4.69, 9.17) is 0 Å². The summed E-state index contributed by atoms with van der Waals surface area (Å²) in [5.74, 6) is 0.187. The van der Waals surface area contributed by atoms with E-state index in [0.717, 1.165) is 5.52 Å². The average molecular weight is 312 g/mol. The molecule has 0 bridgehead atoms. The lowest BCUT2D eigenvalue weighted by Crippen LogP contribution is -2.48. The molecular weight excluding hydrogens is 288 g/mol. The van der Waals surface area contributed by atoms with Crippen LogP contribution in [0.3, 0.4) is 0 Å². The summed E-state index contributed by atoms with van der Waals surface area (Å²) < 4.78 is 0. The molecule has 0 radical (unpaired) electrons. The minimum absolute atomic E-state index is 0.170. The number of fused-ring (bicyclic) bond motifs is 1. The van der Waals surface area contributed by atoms with E-state index in [2.05, 4.69) is 26.9 Å². The summed E-state index contributed by atoms with van der Waals surface area (Å²) in [6.07, 6.45) is 5.91. The number of ketones is 1. The van der Waals surface area contributed by atoms with Crippen molar-refractivity contribution in [2.45, 2.75) is 13.2 Å². The number of para-hydroxylation sites is 1. The quantitative estimate of drug-likeness (QED) is 0.870. The van der Waals surface area contributed by atoms with Gasteiger partial charge in [0.15, 0.2) is 6.29 Å². The second kappa shape index (κ2) is 7.74. The number of Topliss-reactive ketones (excluding diaryl/α,β-unsaturated/α-hetero) is 1. The summed E-state index contributed by atoms with van der Waals surface area (Å²) in [6.45, 7) is 2.09. The van der Waals surface area contributed by atoms with E-state index in [1.807, 2.05) is 68.9 Å². The van der Waals surface area contributed by atoms with Crippen LogP contribution >= 0.6 is 0 Å². The summed E-state index contributed by atoms with van der Waals surface area (Å²) in [4.78, 5) is 21.3. The number of pyridine rings is 1. The Balaban J connectivity index is 0.000000172. The fourth-order valence-electron chi connectivity index (χ4n) is 2.65. The van der Waals surface area contributed by atoms with Crippen LogP contribution in [0.5, 0.6) is 0 Å². The van der Waals surface area contributed by atoms with Crippen molar-refractivity contribution in [2.24, 2.45) is 0 Å². The molecule has 1 atom stereocenters. The van der Waals surface area contributed by atoms with Crippen LogP contribution in [-0.4, -0.2) is 59.4 Å². The number of aromatic nitrogens is 1. The fraction of sp³-hybridized carbons (Fsp3) is 0.333. The van der Waals surface area contributed by atoms with Crippen LogP contribution in [0.4, 0.5) is 0 Å². The van der Waals surface area contributed by atoms with Crippen molar-refractivity contribution in [3.8, 4) is 0 Å². The van der Waals surface area contributed by atoms with Gasteiger partial charge < -0.3 is 9.80 Å². The number of nitrogens with zero attached hydrogens (tertiary/aromatic N) is 4. The highest BCUT2D eigenvalue weighted by molar-refractivity contribution is 5.78. The molecule has 2 aromatic rings. The van der Waals surface area contributed by atoms with E-state index in [1.54, 1.807) is 6.92 Å². The maximum absolute atomic E-state index is 11.0. The maximum atomic E-state index is 11.0. The third-order valence-electron chi connectivity index (χ3n) is 3.53. The van der Waals surface area contributed by atoms with Crippen LogP contribution in [0, 0.1) is 0 Å². The predicted octanol–water partition coefficient (Wildman–Crippen LogP) is 2.37. The van der Waals surface area contributed by atoms with Gasteiger partial charge in [-0.3, -0.25) is 14.7 Å². The van der Waals surface area contributed by atoms with Gasteiger partial charge in [-0.15, -0.1) is 0 Å². The SMILES string of the molecule is CC(=O)CN1C=CN(C)C1N(C)C.c1ccc2ncccc2c1. The molecular formula is C18H24N4O. The molecule has 23 heavy (non-hydrogen) atoms. The Morgan fingerprint density at radius 3 is 2.52 bits per heavy atom. The predicted molar refractivity (Wildman–Crippen MR) is 93.5 cm³/mol. The van der Waals surface area contributed by atoms with Crippen LogP contribution < -0.4 is 0 Å². The van der Waals surface area contributed by atoms with E-state index in [0.29, 0.717) is 6.54 Å². The molecule has 3 rings (SSSR count). The molecule has 1 aromatic heterocycles. The summed E-state index contributed by atoms with van der Waals surface area (Å²) in [7, 11) is 6.00. The Labute approximate surface area is 137 Å². The van der Waals surface area contributed by atoms with Gasteiger partial charge in [0.2, 0.25) is 0 Å². The van der Waals surface area contributed by atoms with Gasteiger partial charge in [-0.25, -0.2) is 0 Å². The van der Waals surface area contributed by atoms with Crippen molar-refractivity contribution in [2.75, 3.05) is 27.7 Å². The van der Waals surface area contributed by atoms with Gasteiger partial charge in [0.05, 0.1) is 12.1 Å². The molecule has 2 heterocycles. The average Bonchev–Trinajstić information content (AvgIpc) is 2.88. The standard InChI is InChI=1S/C9H17N3O.C9H7N/c1-8(13)7-12-6-5-11(4)9(12)10(2)3;1-2-6-9-8(4-1)5-3-7-10-9/h5-6,9H,7H2,1-4H3;1-7H. The molecule has 0 saturated heterocycles. The molecule has 1 aromatic carbocycles. The van der Waals surface area contributed by atoms with Crippen LogP contribution in [-0.2, 0) is 4.79 Å². The summed E-state index contributed by atoms with van der Waals surface area (Å²) >= 11 is 0. The zero-order chi connectivity index (χ0) is 16.8. The first-order chi connectivity index (χ1) is 11.0. The monoisotopic (exact) mass is 312 g/mol. The smallest absolute Gasteiger partial charge is 0.159 e. The minimum atomic E-state index is 0.170. The van der Waals surface area contributed by atoms with Gasteiger partial charge in [0.1, 0.15) is 5.78 Å². The van der Waals surface area contributed by atoms with Crippen LogP contribution in [0.15, 0.2) is 55.0 Å². The molecule has 0 spiro atoms. The first-order valence-electron chi connectivity index (χ1n) is 7.60. The van der Waals surface area contributed by atoms with Gasteiger partial charge in [-0.05, 0) is 33.2 Å². The Morgan fingerprint density at radius 2 is 1.87 bits per heavy atom. The third kappa shape index (κ3) is 4.53. The van der Waals surface area contributed by atoms with Gasteiger partial charge in [-0.2, -0.15) is 0 Å². The first kappa shape index (κ1) is 17.0. The lowest BCUT2D eigenvalue weighted by molar-refractivity contribution is -0.119. The van der Waals surface area contributed by atoms with Gasteiger partial charge >= 0.3 is 0 Å². The molecule has 5 nitrogen and oxygen atoms in total. The van der Waals surface area contributed by atoms with E-state index in [1.165, 1.54) is 5.39 Å². The van der Waals surface area contributed by atoms with Crippen molar-refractivity contribution in [3.05, 3.63) is 55.0 Å². The van der Waals surface area contributed by atoms with Crippen LogP contribution in [0.1, 0.15) is 6.92 Å². The molecule has 0 aliphatic carbocycles. The van der Waals surface area contributed by atoms with E-state index in [-0.39, 0.29) is 12.1 Å². The topological polar surface area (TPSA) is 39.7 Å². The minimum Gasteiger partial charge on any atom is -0.347 e. The first-order valence-corrected chi connectivity index (χ1v) is 7.60. The molecule has 1 unspecified atom stereocenters. The number of rotatable bonds is 3. The number of hydrogen-bond acceptors (Lipinski definition) is 5. The summed E-state index contributed by atoms with van der Waals surface area (Å²) in [5.41, 5.74) is 1.06. The van der Waals surface area contributed by atoms with Crippen LogP contribution in [0.25, 0.3) is 10.9 Å². The van der Waals surface area contributed by atoms with E-state index in [9.17, 15) is 4.79 Å². The normalized spacial score (nSPS) is 16.7. The molecule has 0 amide bonds. The highest BCUT2D eigenvalue weighted by atomic mass is 16.1. The van der Waals surface area contributed by atoms with Crippen molar-refractivity contribution in [1.29, 1.82) is 0 Å². The number of carbonyl (C=O) groups excluding carboxylic acids is 1. The van der Waals surface area contributed by atoms with Crippen LogP contribution in [0.2, 0.25) is 0 Å². The highest BCUT2D eigenvalue weighted by Gasteiger charge is 2.25. The molecule has 0 saturated carbocycles. The number of hydrogen-bond donors (Lipinski definition) is 0. The molecule has 1 aliphatic rings. The summed E-state index contributed by atoms with van der Waals surface area (Å²) in [5, 5.41) is 1.20. The molecule has 0 N–H and O–H groups in total. The molecule has 1 aliphatic heterocycles. The lowest BCUT2D eigenvalue weighted by atomic mass is 10.2. The molecule has 5 heteroatoms. The van der Waals surface area contributed by atoms with Crippen molar-refractivity contribution in [3.63, 3.8) is 0 Å². The molecule has 122 valence electrons. The Kier molecular flexibility index (Phi) is 5.71. The number of carbonyl (C=O) groups is 1. The van der Waals surface area contributed by atoms with E-state index < -0.39 is 0 Å². The lowest BCUT2D eigenvalue weighted by Gasteiger charge is -2.34. The van der Waals surface area contributed by atoms with Gasteiger partial charge in [0, 0.05) is 31.0 Å². The largest absolute Gasteiger partial charge is 0.347 e. The van der Waals surface area contributed by atoms with Crippen molar-refractivity contribution >= 4 is 16.7 Å². The second-order valence-corrected chi connectivity index (χ2v) is 5.84. The third-order valence-corrected chi connectivity index (χ3v) is 3.53. The van der Waals surface area contributed by atoms with Crippen molar-refractivity contribution in [1.82, 2.24) is 19.7 Å². The molecule has 0 fully saturated rings. The maximum Gasteiger partial charge on any atom is 0.159 e. The Bertz CT molecular complexity index is 618.